The molecule has 0 unspecified atom stereocenters. The van der Waals surface area contributed by atoms with Gasteiger partial charge in [-0.3, -0.25) is 10.1 Å². The molecule has 0 spiro atoms. The summed E-state index contributed by atoms with van der Waals surface area (Å²) >= 11 is 0. The largest absolute Gasteiger partial charge is 0.436 e. The van der Waals surface area contributed by atoms with Crippen molar-refractivity contribution < 1.29 is 31.0 Å². The van der Waals surface area contributed by atoms with Crippen molar-refractivity contribution in [2.24, 2.45) is 0 Å². The Bertz CT molecular complexity index is 860. The number of non-ortho nitro benzene ring substituents is 1. The molecular weight excluding hydrogens is 343 g/mol. The van der Waals surface area contributed by atoms with Gasteiger partial charge in [0.1, 0.15) is 0 Å². The Hall–Kier alpha value is -2.63. The highest BCUT2D eigenvalue weighted by atomic mass is 32.2. The lowest BCUT2D eigenvalue weighted by molar-refractivity contribution is -0.385. The molecule has 0 aliphatic carbocycles. The fourth-order valence-corrected chi connectivity index (χ4v) is 2.89. The van der Waals surface area contributed by atoms with E-state index in [0.29, 0.717) is 6.07 Å². The van der Waals surface area contributed by atoms with Gasteiger partial charge in [0.2, 0.25) is 5.88 Å². The predicted molar refractivity (Wildman–Crippen MR) is 70.1 cm³/mol. The molecule has 1 aromatic heterocycles. The first-order chi connectivity index (χ1) is 10.5. The molecule has 1 aromatic carbocycles. The van der Waals surface area contributed by atoms with Crippen LogP contribution in [0.5, 0.6) is 0 Å². The first kappa shape index (κ1) is 16.7. The molecule has 0 fully saturated rings. The van der Waals surface area contributed by atoms with Crippen molar-refractivity contribution in [1.29, 1.82) is 0 Å². The molecule has 23 heavy (non-hydrogen) atoms. The zero-order valence-electron chi connectivity index (χ0n) is 11.3. The molecule has 0 aliphatic rings. The minimum absolute atomic E-state index is 0.0438. The summed E-state index contributed by atoms with van der Waals surface area (Å²) in [5, 5.41) is 13.3. The molecule has 0 aliphatic heterocycles. The van der Waals surface area contributed by atoms with Crippen LogP contribution in [0.25, 0.3) is 0 Å². The van der Waals surface area contributed by atoms with Gasteiger partial charge in [-0.15, -0.1) is 0 Å². The number of nitrogens with one attached hydrogen (secondary N) is 1. The minimum atomic E-state index is -4.78. The van der Waals surface area contributed by atoms with E-state index in [1.165, 1.54) is 6.92 Å². The summed E-state index contributed by atoms with van der Waals surface area (Å²) in [4.78, 5) is 9.57. The lowest BCUT2D eigenvalue weighted by Crippen LogP contribution is -2.14. The molecule has 1 N–H and O–H groups in total. The second-order valence-electron chi connectivity index (χ2n) is 4.39. The molecule has 2 rings (SSSR count). The van der Waals surface area contributed by atoms with Crippen LogP contribution >= 0.6 is 0 Å². The van der Waals surface area contributed by atoms with Crippen LogP contribution < -0.4 is 4.72 Å². The van der Waals surface area contributed by atoms with E-state index in [2.05, 4.69) is 9.68 Å². The van der Waals surface area contributed by atoms with Crippen LogP contribution in [0.15, 0.2) is 33.7 Å². The highest BCUT2D eigenvalue weighted by Crippen LogP contribution is 2.31. The number of rotatable bonds is 4. The molecule has 0 bridgehead atoms. The summed E-state index contributed by atoms with van der Waals surface area (Å²) in [5.41, 5.74) is -1.67. The number of aryl methyl sites for hydroxylation is 1. The van der Waals surface area contributed by atoms with E-state index in [4.69, 9.17) is 0 Å². The average Bonchev–Trinajstić information content (AvgIpc) is 2.85. The third-order valence-corrected chi connectivity index (χ3v) is 4.20. The topological polar surface area (TPSA) is 115 Å². The van der Waals surface area contributed by atoms with Crippen LogP contribution in [0.3, 0.4) is 0 Å². The standard InChI is InChI=1S/C11H8F3N3O5S/c1-6-4-7(17(18)19)2-3-8(6)23(20,21)16-10-5-9(15-22-10)11(12,13)14/h2-5,16H,1H3. The Balaban J connectivity index is 2.32. The van der Waals surface area contributed by atoms with Crippen molar-refractivity contribution in [3.63, 3.8) is 0 Å². The average molecular weight is 351 g/mol. The number of benzene rings is 1. The number of hydrogen-bond acceptors (Lipinski definition) is 6. The lowest BCUT2D eigenvalue weighted by atomic mass is 10.2. The fraction of sp³-hybridized carbons (Fsp3) is 0.182. The van der Waals surface area contributed by atoms with E-state index < -0.39 is 32.7 Å². The summed E-state index contributed by atoms with van der Waals surface area (Å²) in [6.07, 6.45) is -4.78. The van der Waals surface area contributed by atoms with Crippen LogP contribution in [-0.2, 0) is 16.2 Å². The summed E-state index contributed by atoms with van der Waals surface area (Å²) in [6, 6.07) is 3.34. The molecule has 1 heterocycles. The molecule has 0 saturated carbocycles. The first-order valence-corrected chi connectivity index (χ1v) is 7.31. The number of alkyl halides is 3. The van der Waals surface area contributed by atoms with E-state index in [0.717, 1.165) is 18.2 Å². The molecule has 0 atom stereocenters. The van der Waals surface area contributed by atoms with Gasteiger partial charge in [-0.1, -0.05) is 5.16 Å². The van der Waals surface area contributed by atoms with Gasteiger partial charge in [-0.25, -0.2) is 13.1 Å². The van der Waals surface area contributed by atoms with Gasteiger partial charge in [0.05, 0.1) is 9.82 Å². The number of hydrogen-bond donors (Lipinski definition) is 1. The number of aromatic nitrogens is 1. The molecule has 0 amide bonds. The molecule has 0 saturated heterocycles. The van der Waals surface area contributed by atoms with Crippen LogP contribution in [0, 0.1) is 17.0 Å². The van der Waals surface area contributed by atoms with Crippen LogP contribution in [0.4, 0.5) is 24.7 Å². The smallest absolute Gasteiger partial charge is 0.337 e. The zero-order chi connectivity index (χ0) is 17.4. The summed E-state index contributed by atoms with van der Waals surface area (Å²) in [6.45, 7) is 1.31. The number of sulfonamides is 1. The molecule has 2 aromatic rings. The number of nitro groups is 1. The van der Waals surface area contributed by atoms with Gasteiger partial charge in [0.15, 0.2) is 5.69 Å². The Morgan fingerprint density at radius 1 is 1.30 bits per heavy atom. The molecule has 12 heteroatoms. The maximum absolute atomic E-state index is 12.4. The van der Waals surface area contributed by atoms with Gasteiger partial charge in [0, 0.05) is 18.2 Å². The van der Waals surface area contributed by atoms with E-state index in [-0.39, 0.29) is 16.1 Å². The maximum atomic E-state index is 12.4. The quantitative estimate of drug-likeness (QED) is 0.669. The number of nitrogens with zero attached hydrogens (tertiary/aromatic N) is 2. The van der Waals surface area contributed by atoms with Crippen molar-refractivity contribution >= 4 is 21.6 Å². The first-order valence-electron chi connectivity index (χ1n) is 5.82. The zero-order valence-corrected chi connectivity index (χ0v) is 12.1. The van der Waals surface area contributed by atoms with Gasteiger partial charge in [-0.2, -0.15) is 13.2 Å². The van der Waals surface area contributed by atoms with Crippen molar-refractivity contribution in [3.8, 4) is 0 Å². The van der Waals surface area contributed by atoms with Crippen molar-refractivity contribution in [2.75, 3.05) is 4.72 Å². The third-order valence-electron chi connectivity index (χ3n) is 2.69. The molecule has 124 valence electrons. The minimum Gasteiger partial charge on any atom is -0.337 e. The Kier molecular flexibility index (Phi) is 4.03. The third kappa shape index (κ3) is 3.59. The molecule has 8 nitrogen and oxygen atoms in total. The van der Waals surface area contributed by atoms with Crippen molar-refractivity contribution in [3.05, 3.63) is 45.6 Å². The summed E-state index contributed by atoms with van der Waals surface area (Å²) in [7, 11) is -4.29. The van der Waals surface area contributed by atoms with Crippen molar-refractivity contribution in [1.82, 2.24) is 5.16 Å². The predicted octanol–water partition coefficient (Wildman–Crippen LogP) is 2.71. The van der Waals surface area contributed by atoms with Crippen LogP contribution in [0.1, 0.15) is 11.3 Å². The van der Waals surface area contributed by atoms with Gasteiger partial charge < -0.3 is 4.52 Å². The Morgan fingerprint density at radius 3 is 2.43 bits per heavy atom. The molecule has 0 radical (unpaired) electrons. The Labute approximate surface area is 127 Å². The van der Waals surface area contributed by atoms with E-state index in [1.807, 2.05) is 0 Å². The maximum Gasteiger partial charge on any atom is 0.436 e. The normalized spacial score (nSPS) is 12.2. The van der Waals surface area contributed by atoms with Crippen LogP contribution in [0.2, 0.25) is 0 Å². The van der Waals surface area contributed by atoms with Gasteiger partial charge in [-0.05, 0) is 18.6 Å². The summed E-state index contributed by atoms with van der Waals surface area (Å²) in [5.74, 6) is -0.727. The lowest BCUT2D eigenvalue weighted by Gasteiger charge is -2.07. The van der Waals surface area contributed by atoms with Crippen LogP contribution in [-0.4, -0.2) is 18.5 Å². The summed E-state index contributed by atoms with van der Waals surface area (Å²) < 4.78 is 67.4. The second-order valence-corrected chi connectivity index (χ2v) is 6.04. The fourth-order valence-electron chi connectivity index (χ4n) is 1.69. The Morgan fingerprint density at radius 2 is 1.96 bits per heavy atom. The second kappa shape index (κ2) is 5.53. The SMILES string of the molecule is Cc1cc([N+](=O)[O-])ccc1S(=O)(=O)Nc1cc(C(F)(F)F)no1. The number of nitro benzene ring substituents is 1. The monoisotopic (exact) mass is 351 g/mol. The van der Waals surface area contributed by atoms with Gasteiger partial charge >= 0.3 is 6.18 Å². The van der Waals surface area contributed by atoms with Gasteiger partial charge in [0.25, 0.3) is 15.7 Å². The number of anilines is 1. The highest BCUT2D eigenvalue weighted by Gasteiger charge is 2.35. The van der Waals surface area contributed by atoms with E-state index >= 15 is 0 Å². The van der Waals surface area contributed by atoms with Crippen molar-refractivity contribution in [2.45, 2.75) is 18.0 Å². The highest BCUT2D eigenvalue weighted by molar-refractivity contribution is 7.92. The van der Waals surface area contributed by atoms with E-state index in [1.54, 1.807) is 4.72 Å². The molecular formula is C11H8F3N3O5S. The van der Waals surface area contributed by atoms with E-state index in [9.17, 15) is 31.7 Å². The number of halogens is 3.